The lowest BCUT2D eigenvalue weighted by atomic mass is 9.90. The normalized spacial score (nSPS) is 20.7. The molecule has 1 saturated heterocycles. The van der Waals surface area contributed by atoms with Gasteiger partial charge < -0.3 is 5.73 Å². The lowest BCUT2D eigenvalue weighted by Crippen LogP contribution is -2.44. The number of nitrogens with zero attached hydrogens (tertiary/aromatic N) is 1. The molecular weight excluding hydrogens is 208 g/mol. The summed E-state index contributed by atoms with van der Waals surface area (Å²) in [6.45, 7) is 6.99. The minimum absolute atomic E-state index is 0.134. The van der Waals surface area contributed by atoms with Crippen molar-refractivity contribution in [2.24, 2.45) is 11.7 Å². The molecule has 0 spiro atoms. The van der Waals surface area contributed by atoms with Crippen LogP contribution in [0.25, 0.3) is 0 Å². The fourth-order valence-corrected chi connectivity index (χ4v) is 2.98. The van der Waals surface area contributed by atoms with E-state index in [2.05, 4.69) is 49.1 Å². The first kappa shape index (κ1) is 12.6. The highest BCUT2D eigenvalue weighted by molar-refractivity contribution is 5.20. The molecule has 1 aromatic carbocycles. The van der Waals surface area contributed by atoms with Gasteiger partial charge in [-0.15, -0.1) is 0 Å². The lowest BCUT2D eigenvalue weighted by Gasteiger charge is -2.35. The third kappa shape index (κ3) is 2.88. The molecule has 2 nitrogen and oxygen atoms in total. The van der Waals surface area contributed by atoms with Gasteiger partial charge in [-0.1, -0.05) is 44.2 Å². The molecule has 2 rings (SSSR count). The van der Waals surface area contributed by atoms with E-state index in [-0.39, 0.29) is 6.04 Å². The van der Waals surface area contributed by atoms with Crippen LogP contribution in [-0.4, -0.2) is 24.0 Å². The van der Waals surface area contributed by atoms with Crippen LogP contribution in [-0.2, 0) is 0 Å². The molecule has 0 amide bonds. The average Bonchev–Trinajstić information content (AvgIpc) is 2.83. The molecule has 1 aromatic rings. The monoisotopic (exact) mass is 232 g/mol. The van der Waals surface area contributed by atoms with Crippen molar-refractivity contribution in [1.82, 2.24) is 4.90 Å². The SMILES string of the molecule is CC(C)C(C(N)c1ccccc1)N1CCCC1. The summed E-state index contributed by atoms with van der Waals surface area (Å²) in [5.74, 6) is 0.600. The number of benzene rings is 1. The van der Waals surface area contributed by atoms with E-state index in [0.717, 1.165) is 0 Å². The minimum atomic E-state index is 0.134. The van der Waals surface area contributed by atoms with Gasteiger partial charge in [-0.3, -0.25) is 4.90 Å². The van der Waals surface area contributed by atoms with Crippen LogP contribution < -0.4 is 5.73 Å². The van der Waals surface area contributed by atoms with Crippen molar-refractivity contribution in [3.05, 3.63) is 35.9 Å². The van der Waals surface area contributed by atoms with E-state index in [1.807, 2.05) is 0 Å². The van der Waals surface area contributed by atoms with Crippen molar-refractivity contribution in [2.45, 2.75) is 38.8 Å². The smallest absolute Gasteiger partial charge is 0.0455 e. The van der Waals surface area contributed by atoms with Gasteiger partial charge in [-0.25, -0.2) is 0 Å². The van der Waals surface area contributed by atoms with E-state index in [9.17, 15) is 0 Å². The van der Waals surface area contributed by atoms with Gasteiger partial charge in [-0.2, -0.15) is 0 Å². The van der Waals surface area contributed by atoms with Crippen molar-refractivity contribution >= 4 is 0 Å². The summed E-state index contributed by atoms with van der Waals surface area (Å²) in [6.07, 6.45) is 2.65. The van der Waals surface area contributed by atoms with Gasteiger partial charge in [-0.05, 0) is 37.4 Å². The molecule has 1 fully saturated rings. The molecule has 1 heterocycles. The van der Waals surface area contributed by atoms with Crippen LogP contribution in [0.4, 0.5) is 0 Å². The maximum atomic E-state index is 6.48. The molecule has 0 bridgehead atoms. The molecular formula is C15H24N2. The largest absolute Gasteiger partial charge is 0.323 e. The Balaban J connectivity index is 2.15. The third-order valence-corrected chi connectivity index (χ3v) is 3.80. The molecule has 17 heavy (non-hydrogen) atoms. The van der Waals surface area contributed by atoms with Gasteiger partial charge in [0.25, 0.3) is 0 Å². The molecule has 0 radical (unpaired) electrons. The van der Waals surface area contributed by atoms with Crippen molar-refractivity contribution in [3.8, 4) is 0 Å². The third-order valence-electron chi connectivity index (χ3n) is 3.80. The topological polar surface area (TPSA) is 29.3 Å². The molecule has 1 aliphatic heterocycles. The maximum absolute atomic E-state index is 6.48. The standard InChI is InChI=1S/C15H24N2/c1-12(2)15(17-10-6-7-11-17)14(16)13-8-4-3-5-9-13/h3-5,8-9,12,14-15H,6-7,10-11,16H2,1-2H3. The van der Waals surface area contributed by atoms with Gasteiger partial charge in [0.15, 0.2) is 0 Å². The summed E-state index contributed by atoms with van der Waals surface area (Å²) in [4.78, 5) is 2.57. The molecule has 0 aromatic heterocycles. The van der Waals surface area contributed by atoms with E-state index < -0.39 is 0 Å². The summed E-state index contributed by atoms with van der Waals surface area (Å²) < 4.78 is 0. The molecule has 0 saturated carbocycles. The first-order valence-electron chi connectivity index (χ1n) is 6.74. The van der Waals surface area contributed by atoms with Crippen LogP contribution in [0, 0.1) is 5.92 Å². The lowest BCUT2D eigenvalue weighted by molar-refractivity contribution is 0.162. The number of hydrogen-bond donors (Lipinski definition) is 1. The van der Waals surface area contributed by atoms with Crippen LogP contribution in [0.2, 0.25) is 0 Å². The van der Waals surface area contributed by atoms with E-state index in [0.29, 0.717) is 12.0 Å². The Morgan fingerprint density at radius 3 is 2.18 bits per heavy atom. The van der Waals surface area contributed by atoms with E-state index >= 15 is 0 Å². The fraction of sp³-hybridized carbons (Fsp3) is 0.600. The average molecular weight is 232 g/mol. The predicted octanol–water partition coefficient (Wildman–Crippen LogP) is 2.81. The van der Waals surface area contributed by atoms with Crippen molar-refractivity contribution in [3.63, 3.8) is 0 Å². The van der Waals surface area contributed by atoms with Gasteiger partial charge in [0.2, 0.25) is 0 Å². The van der Waals surface area contributed by atoms with Gasteiger partial charge in [0, 0.05) is 12.1 Å². The van der Waals surface area contributed by atoms with Crippen LogP contribution in [0.1, 0.15) is 38.3 Å². The number of nitrogens with two attached hydrogens (primary N) is 1. The highest BCUT2D eigenvalue weighted by Crippen LogP contribution is 2.27. The summed E-state index contributed by atoms with van der Waals surface area (Å²) in [5.41, 5.74) is 7.74. The Kier molecular flexibility index (Phi) is 4.19. The minimum Gasteiger partial charge on any atom is -0.323 e. The molecule has 0 aliphatic carbocycles. The Morgan fingerprint density at radius 2 is 1.65 bits per heavy atom. The second-order valence-corrected chi connectivity index (χ2v) is 5.41. The first-order chi connectivity index (χ1) is 8.20. The summed E-state index contributed by atoms with van der Waals surface area (Å²) >= 11 is 0. The molecule has 2 heteroatoms. The molecule has 2 atom stereocenters. The van der Waals surface area contributed by atoms with Crippen molar-refractivity contribution in [2.75, 3.05) is 13.1 Å². The second kappa shape index (κ2) is 5.65. The molecule has 2 N–H and O–H groups in total. The van der Waals surface area contributed by atoms with Gasteiger partial charge in [0.05, 0.1) is 0 Å². The van der Waals surface area contributed by atoms with Crippen molar-refractivity contribution < 1.29 is 0 Å². The summed E-state index contributed by atoms with van der Waals surface area (Å²) in [5, 5.41) is 0. The molecule has 94 valence electrons. The number of likely N-dealkylation sites (tertiary alicyclic amines) is 1. The van der Waals surface area contributed by atoms with E-state index in [1.165, 1.54) is 31.5 Å². The second-order valence-electron chi connectivity index (χ2n) is 5.41. The van der Waals surface area contributed by atoms with Crippen LogP contribution in [0.15, 0.2) is 30.3 Å². The Bertz CT molecular complexity index is 328. The van der Waals surface area contributed by atoms with Crippen molar-refractivity contribution in [1.29, 1.82) is 0 Å². The van der Waals surface area contributed by atoms with Crippen LogP contribution >= 0.6 is 0 Å². The van der Waals surface area contributed by atoms with Gasteiger partial charge >= 0.3 is 0 Å². The predicted molar refractivity (Wildman–Crippen MR) is 72.8 cm³/mol. The maximum Gasteiger partial charge on any atom is 0.0455 e. The zero-order valence-corrected chi connectivity index (χ0v) is 11.0. The zero-order chi connectivity index (χ0) is 12.3. The fourth-order valence-electron chi connectivity index (χ4n) is 2.98. The molecule has 2 unspecified atom stereocenters. The Morgan fingerprint density at radius 1 is 1.06 bits per heavy atom. The quantitative estimate of drug-likeness (QED) is 0.865. The first-order valence-corrected chi connectivity index (χ1v) is 6.74. The Hall–Kier alpha value is -0.860. The highest BCUT2D eigenvalue weighted by atomic mass is 15.2. The summed E-state index contributed by atoms with van der Waals surface area (Å²) in [6, 6.07) is 11.1. The zero-order valence-electron chi connectivity index (χ0n) is 11.0. The Labute approximate surface area is 105 Å². The highest BCUT2D eigenvalue weighted by Gasteiger charge is 2.30. The van der Waals surface area contributed by atoms with E-state index in [4.69, 9.17) is 5.73 Å². The molecule has 1 aliphatic rings. The van der Waals surface area contributed by atoms with Crippen LogP contribution in [0.5, 0.6) is 0 Å². The van der Waals surface area contributed by atoms with Gasteiger partial charge in [0.1, 0.15) is 0 Å². The van der Waals surface area contributed by atoms with E-state index in [1.54, 1.807) is 0 Å². The summed E-state index contributed by atoms with van der Waals surface area (Å²) in [7, 11) is 0. The van der Waals surface area contributed by atoms with Crippen LogP contribution in [0.3, 0.4) is 0 Å². The number of hydrogen-bond acceptors (Lipinski definition) is 2. The number of rotatable bonds is 4.